The molecule has 2 rings (SSSR count). The summed E-state index contributed by atoms with van der Waals surface area (Å²) in [6.45, 7) is 1.86. The number of hydrogen-bond acceptors (Lipinski definition) is 0. The molecule has 1 nitrogen and oxygen atoms in total. The van der Waals surface area contributed by atoms with E-state index in [4.69, 9.17) is 0 Å². The summed E-state index contributed by atoms with van der Waals surface area (Å²) in [5.41, 5.74) is 3.48. The number of aryl methyl sites for hydroxylation is 1. The smallest absolute Gasteiger partial charge is 0.0490 e. The van der Waals surface area contributed by atoms with Crippen LogP contribution in [0.4, 0.5) is 0 Å². The van der Waals surface area contributed by atoms with Crippen molar-refractivity contribution >= 4 is 0 Å². The second kappa shape index (κ2) is 4.06. The van der Waals surface area contributed by atoms with E-state index in [1.807, 2.05) is 38.4 Å². The van der Waals surface area contributed by atoms with E-state index in [0.29, 0.717) is 0 Å². The molecule has 0 saturated carbocycles. The Kier molecular flexibility index (Phi) is 2.60. The molecule has 1 heterocycles. The van der Waals surface area contributed by atoms with Gasteiger partial charge in [0.2, 0.25) is 0 Å². The van der Waals surface area contributed by atoms with Crippen LogP contribution in [0.5, 0.6) is 0 Å². The number of hydrogen-bond donors (Lipinski definition) is 0. The van der Waals surface area contributed by atoms with Crippen LogP contribution in [0.2, 0.25) is 0 Å². The fourth-order valence-corrected chi connectivity index (χ4v) is 1.69. The van der Waals surface area contributed by atoms with Crippen LogP contribution < -0.4 is 0 Å². The third kappa shape index (κ3) is 1.80. The third-order valence-electron chi connectivity index (χ3n) is 2.41. The molecule has 0 unspecified atom stereocenters. The van der Waals surface area contributed by atoms with Gasteiger partial charge in [0.1, 0.15) is 0 Å². The molecular formula is C14H13N. The fourth-order valence-electron chi connectivity index (χ4n) is 1.69. The summed E-state index contributed by atoms with van der Waals surface area (Å²) >= 11 is 0. The highest BCUT2D eigenvalue weighted by Gasteiger charge is 2.04. The number of benzene rings is 1. The minimum atomic E-state index is 1.09. The molecule has 0 radical (unpaired) electrons. The lowest BCUT2D eigenvalue weighted by Crippen LogP contribution is -1.91. The molecule has 0 saturated heterocycles. The summed E-state index contributed by atoms with van der Waals surface area (Å²) in [7, 11) is 2.05. The highest BCUT2D eigenvalue weighted by Crippen LogP contribution is 2.22. The maximum Gasteiger partial charge on any atom is 0.0490 e. The molecular weight excluding hydrogens is 182 g/mol. The van der Waals surface area contributed by atoms with Crippen LogP contribution >= 0.6 is 0 Å². The monoisotopic (exact) mass is 195 g/mol. The first-order chi connectivity index (χ1) is 7.33. The second-order valence-corrected chi connectivity index (χ2v) is 3.42. The molecule has 0 N–H and O–H groups in total. The topological polar surface area (TPSA) is 4.93 Å². The van der Waals surface area contributed by atoms with Crippen LogP contribution in [0, 0.1) is 11.8 Å². The van der Waals surface area contributed by atoms with Crippen molar-refractivity contribution in [2.75, 3.05) is 0 Å². The molecule has 0 aliphatic heterocycles. The van der Waals surface area contributed by atoms with E-state index in [-0.39, 0.29) is 0 Å². The zero-order chi connectivity index (χ0) is 10.7. The van der Waals surface area contributed by atoms with Crippen molar-refractivity contribution in [3.8, 4) is 23.1 Å². The minimum Gasteiger partial charge on any atom is -0.351 e. The Hall–Kier alpha value is -1.94. The Morgan fingerprint density at radius 1 is 1.07 bits per heavy atom. The van der Waals surface area contributed by atoms with Gasteiger partial charge < -0.3 is 4.57 Å². The molecule has 1 aromatic carbocycles. The van der Waals surface area contributed by atoms with Crippen LogP contribution in [0.1, 0.15) is 12.5 Å². The molecule has 1 aromatic heterocycles. The zero-order valence-electron chi connectivity index (χ0n) is 8.99. The van der Waals surface area contributed by atoms with E-state index in [1.54, 1.807) is 0 Å². The zero-order valence-corrected chi connectivity index (χ0v) is 8.99. The van der Waals surface area contributed by atoms with Gasteiger partial charge in [0.25, 0.3) is 0 Å². The molecule has 0 aliphatic rings. The summed E-state index contributed by atoms with van der Waals surface area (Å²) in [4.78, 5) is 0. The van der Waals surface area contributed by atoms with Crippen molar-refractivity contribution < 1.29 is 0 Å². The van der Waals surface area contributed by atoms with Gasteiger partial charge in [-0.05, 0) is 25.1 Å². The van der Waals surface area contributed by atoms with Crippen molar-refractivity contribution in [3.05, 3.63) is 48.2 Å². The average molecular weight is 195 g/mol. The molecule has 2 aromatic rings. The molecule has 0 aliphatic carbocycles. The third-order valence-corrected chi connectivity index (χ3v) is 2.41. The number of nitrogens with zero attached hydrogens (tertiary/aromatic N) is 1. The fraction of sp³-hybridized carbons (Fsp3) is 0.143. The van der Waals surface area contributed by atoms with E-state index in [1.165, 1.54) is 11.3 Å². The van der Waals surface area contributed by atoms with Gasteiger partial charge in [-0.25, -0.2) is 0 Å². The minimum absolute atomic E-state index is 1.09. The largest absolute Gasteiger partial charge is 0.351 e. The van der Waals surface area contributed by atoms with Crippen molar-refractivity contribution in [2.24, 2.45) is 7.05 Å². The van der Waals surface area contributed by atoms with Gasteiger partial charge in [-0.2, -0.15) is 0 Å². The normalized spacial score (nSPS) is 9.47. The first-order valence-corrected chi connectivity index (χ1v) is 4.96. The summed E-state index contributed by atoms with van der Waals surface area (Å²) in [5.74, 6) is 6.07. The van der Waals surface area contributed by atoms with Crippen molar-refractivity contribution in [3.63, 3.8) is 0 Å². The lowest BCUT2D eigenvalue weighted by atomic mass is 10.1. The van der Waals surface area contributed by atoms with Gasteiger partial charge in [0.05, 0.1) is 0 Å². The van der Waals surface area contributed by atoms with E-state index >= 15 is 0 Å². The Bertz CT molecular complexity index is 524. The predicted octanol–water partition coefficient (Wildman–Crippen LogP) is 3.06. The van der Waals surface area contributed by atoms with Gasteiger partial charge in [-0.15, -0.1) is 5.92 Å². The first kappa shape index (κ1) is 9.61. The Morgan fingerprint density at radius 2 is 1.87 bits per heavy atom. The molecule has 1 heteroatoms. The summed E-state index contributed by atoms with van der Waals surface area (Å²) in [6.07, 6.45) is 2.05. The summed E-state index contributed by atoms with van der Waals surface area (Å²) in [6, 6.07) is 12.4. The molecule has 74 valence electrons. The Balaban J connectivity index is 2.61. The Labute approximate surface area is 90.4 Å². The van der Waals surface area contributed by atoms with E-state index in [0.717, 1.165) is 5.56 Å². The molecule has 0 bridgehead atoms. The Morgan fingerprint density at radius 3 is 2.53 bits per heavy atom. The molecule has 0 spiro atoms. The lowest BCUT2D eigenvalue weighted by molar-refractivity contribution is 0.937. The van der Waals surface area contributed by atoms with Crippen LogP contribution in [0.15, 0.2) is 42.6 Å². The van der Waals surface area contributed by atoms with Crippen LogP contribution in [-0.2, 0) is 7.05 Å². The van der Waals surface area contributed by atoms with Crippen molar-refractivity contribution in [2.45, 2.75) is 6.92 Å². The van der Waals surface area contributed by atoms with Gasteiger partial charge in [-0.1, -0.05) is 24.1 Å². The SMILES string of the molecule is CC#Cc1ccccc1-c1cccn1C. The van der Waals surface area contributed by atoms with Gasteiger partial charge >= 0.3 is 0 Å². The number of aromatic nitrogens is 1. The molecule has 0 fully saturated rings. The van der Waals surface area contributed by atoms with Gasteiger partial charge in [-0.3, -0.25) is 0 Å². The maximum absolute atomic E-state index is 3.13. The summed E-state index contributed by atoms with van der Waals surface area (Å²) < 4.78 is 2.11. The van der Waals surface area contributed by atoms with Crippen LogP contribution in [0.25, 0.3) is 11.3 Å². The molecule has 0 amide bonds. The highest BCUT2D eigenvalue weighted by molar-refractivity contribution is 5.68. The molecule has 15 heavy (non-hydrogen) atoms. The van der Waals surface area contributed by atoms with Crippen LogP contribution in [0.3, 0.4) is 0 Å². The van der Waals surface area contributed by atoms with E-state index in [9.17, 15) is 0 Å². The van der Waals surface area contributed by atoms with Crippen molar-refractivity contribution in [1.82, 2.24) is 4.57 Å². The van der Waals surface area contributed by atoms with Gasteiger partial charge in [0, 0.05) is 30.1 Å². The molecule has 0 atom stereocenters. The maximum atomic E-state index is 3.13. The average Bonchev–Trinajstić information content (AvgIpc) is 2.66. The second-order valence-electron chi connectivity index (χ2n) is 3.42. The van der Waals surface area contributed by atoms with E-state index < -0.39 is 0 Å². The van der Waals surface area contributed by atoms with Crippen molar-refractivity contribution in [1.29, 1.82) is 0 Å². The standard InChI is InChI=1S/C14H13N/c1-3-7-12-8-4-5-9-13(12)14-10-6-11-15(14)2/h4-6,8-11H,1-2H3. The van der Waals surface area contributed by atoms with Crippen LogP contribution in [-0.4, -0.2) is 4.57 Å². The van der Waals surface area contributed by atoms with E-state index in [2.05, 4.69) is 34.6 Å². The van der Waals surface area contributed by atoms with Gasteiger partial charge in [0.15, 0.2) is 0 Å². The highest BCUT2D eigenvalue weighted by atomic mass is 14.9. The number of rotatable bonds is 1. The quantitative estimate of drug-likeness (QED) is 0.616. The first-order valence-electron chi connectivity index (χ1n) is 4.96. The predicted molar refractivity (Wildman–Crippen MR) is 63.4 cm³/mol. The summed E-state index contributed by atoms with van der Waals surface area (Å²) in [5, 5.41) is 0. The lowest BCUT2D eigenvalue weighted by Gasteiger charge is -2.05.